The van der Waals surface area contributed by atoms with Gasteiger partial charge >= 0.3 is 0 Å². The fraction of sp³-hybridized carbons (Fsp3) is 0.909. The lowest BCUT2D eigenvalue weighted by Gasteiger charge is -2.29. The molecule has 0 saturated heterocycles. The molecule has 1 N–H and O–H groups in total. The van der Waals surface area contributed by atoms with Crippen LogP contribution < -0.4 is 5.32 Å². The van der Waals surface area contributed by atoms with Crippen LogP contribution in [0.25, 0.3) is 0 Å². The van der Waals surface area contributed by atoms with E-state index in [-0.39, 0.29) is 23.5 Å². The minimum absolute atomic E-state index is 0.0191. The van der Waals surface area contributed by atoms with Gasteiger partial charge in [-0.15, -0.1) is 0 Å². The predicted octanol–water partition coefficient (Wildman–Crippen LogP) is 1.96. The summed E-state index contributed by atoms with van der Waals surface area (Å²) in [5.41, 5.74) is -0.158. The van der Waals surface area contributed by atoms with Gasteiger partial charge in [0.25, 0.3) is 0 Å². The lowest BCUT2D eigenvalue weighted by atomic mass is 9.88. The zero-order valence-electron chi connectivity index (χ0n) is 10.2. The summed E-state index contributed by atoms with van der Waals surface area (Å²) >= 11 is 0. The van der Waals surface area contributed by atoms with Gasteiger partial charge in [-0.2, -0.15) is 0 Å². The summed E-state index contributed by atoms with van der Waals surface area (Å²) in [6.45, 7) is 12.4. The molecule has 14 heavy (non-hydrogen) atoms. The van der Waals surface area contributed by atoms with Crippen molar-refractivity contribution in [3.05, 3.63) is 0 Å². The Bertz CT molecular complexity index is 182. The summed E-state index contributed by atoms with van der Waals surface area (Å²) in [5, 5.41) is 2.87. The van der Waals surface area contributed by atoms with Gasteiger partial charge in [-0.1, -0.05) is 20.8 Å². The first kappa shape index (κ1) is 13.4. The predicted molar refractivity (Wildman–Crippen MR) is 58.1 cm³/mol. The Balaban J connectivity index is 4.42. The summed E-state index contributed by atoms with van der Waals surface area (Å²) in [6, 6.07) is 0.160. The van der Waals surface area contributed by atoms with E-state index in [2.05, 4.69) is 5.32 Å². The molecule has 0 spiro atoms. The monoisotopic (exact) mass is 201 g/mol. The number of rotatable bonds is 4. The molecule has 1 unspecified atom stereocenters. The molecule has 0 saturated carbocycles. The van der Waals surface area contributed by atoms with Crippen molar-refractivity contribution in [2.75, 3.05) is 6.61 Å². The van der Waals surface area contributed by atoms with Crippen molar-refractivity contribution >= 4 is 5.91 Å². The van der Waals surface area contributed by atoms with Gasteiger partial charge in [-0.3, -0.25) is 4.79 Å². The summed E-state index contributed by atoms with van der Waals surface area (Å²) in [6.07, 6.45) is -0.366. The van der Waals surface area contributed by atoms with E-state index in [1.807, 2.05) is 41.5 Å². The highest BCUT2D eigenvalue weighted by molar-refractivity contribution is 5.81. The molecule has 0 heterocycles. The number of hydrogen-bond acceptors (Lipinski definition) is 2. The molecule has 0 radical (unpaired) electrons. The topological polar surface area (TPSA) is 38.3 Å². The molecule has 3 nitrogen and oxygen atoms in total. The van der Waals surface area contributed by atoms with Crippen molar-refractivity contribution in [1.29, 1.82) is 0 Å². The zero-order valence-corrected chi connectivity index (χ0v) is 10.2. The summed E-state index contributed by atoms with van der Waals surface area (Å²) in [7, 11) is 0. The highest BCUT2D eigenvalue weighted by Crippen LogP contribution is 2.22. The summed E-state index contributed by atoms with van der Waals surface area (Å²) in [5.74, 6) is -0.0191. The minimum atomic E-state index is -0.366. The molecule has 0 aromatic rings. The highest BCUT2D eigenvalue weighted by Gasteiger charge is 2.31. The Morgan fingerprint density at radius 3 is 2.14 bits per heavy atom. The van der Waals surface area contributed by atoms with Gasteiger partial charge in [0.05, 0.1) is 0 Å². The van der Waals surface area contributed by atoms with E-state index < -0.39 is 0 Å². The van der Waals surface area contributed by atoms with Crippen LogP contribution in [0.3, 0.4) is 0 Å². The van der Waals surface area contributed by atoms with E-state index in [0.717, 1.165) is 0 Å². The van der Waals surface area contributed by atoms with Gasteiger partial charge in [0.15, 0.2) is 0 Å². The molecule has 1 atom stereocenters. The van der Waals surface area contributed by atoms with Crippen LogP contribution in [0.1, 0.15) is 41.5 Å². The highest BCUT2D eigenvalue weighted by atomic mass is 16.5. The van der Waals surface area contributed by atoms with Crippen molar-refractivity contribution in [3.8, 4) is 0 Å². The third kappa shape index (κ3) is 4.61. The standard InChI is InChI=1S/C11H23NO2/c1-7-14-9(11(4,5)6)10(13)12-8(2)3/h8-9H,7H2,1-6H3,(H,12,13). The van der Waals surface area contributed by atoms with Gasteiger partial charge in [-0.05, 0) is 26.2 Å². The molecule has 1 amide bonds. The number of hydrogen-bond donors (Lipinski definition) is 1. The third-order valence-electron chi connectivity index (χ3n) is 1.79. The molecule has 0 aromatic carbocycles. The smallest absolute Gasteiger partial charge is 0.249 e. The molecule has 0 aliphatic heterocycles. The van der Waals surface area contributed by atoms with Crippen LogP contribution in [-0.2, 0) is 9.53 Å². The largest absolute Gasteiger partial charge is 0.368 e. The van der Waals surface area contributed by atoms with E-state index >= 15 is 0 Å². The average molecular weight is 201 g/mol. The Kier molecular flexibility index (Phi) is 5.13. The van der Waals surface area contributed by atoms with Crippen LogP contribution in [0.2, 0.25) is 0 Å². The van der Waals surface area contributed by atoms with Gasteiger partial charge in [0.2, 0.25) is 5.91 Å². The number of ether oxygens (including phenoxy) is 1. The maximum absolute atomic E-state index is 11.8. The van der Waals surface area contributed by atoms with Crippen molar-refractivity contribution in [1.82, 2.24) is 5.32 Å². The molecular formula is C11H23NO2. The Labute approximate surface area is 87.2 Å². The van der Waals surface area contributed by atoms with Crippen LogP contribution in [0, 0.1) is 5.41 Å². The van der Waals surface area contributed by atoms with Crippen molar-refractivity contribution in [2.24, 2.45) is 5.41 Å². The molecule has 0 aliphatic carbocycles. The Morgan fingerprint density at radius 1 is 1.36 bits per heavy atom. The van der Waals surface area contributed by atoms with E-state index in [0.29, 0.717) is 6.61 Å². The number of carbonyl (C=O) groups excluding carboxylic acids is 1. The molecule has 84 valence electrons. The van der Waals surface area contributed by atoms with Crippen LogP contribution in [0.15, 0.2) is 0 Å². The molecule has 0 aromatic heterocycles. The summed E-state index contributed by atoms with van der Waals surface area (Å²) in [4.78, 5) is 11.8. The fourth-order valence-electron chi connectivity index (χ4n) is 1.25. The Morgan fingerprint density at radius 2 is 1.86 bits per heavy atom. The van der Waals surface area contributed by atoms with Crippen molar-refractivity contribution < 1.29 is 9.53 Å². The SMILES string of the molecule is CCOC(C(=O)NC(C)C)C(C)(C)C. The molecule has 0 bridgehead atoms. The van der Waals surface area contributed by atoms with E-state index in [9.17, 15) is 4.79 Å². The van der Waals surface area contributed by atoms with Crippen molar-refractivity contribution in [2.45, 2.75) is 53.7 Å². The van der Waals surface area contributed by atoms with Crippen LogP contribution in [0.4, 0.5) is 0 Å². The molecule has 0 rings (SSSR count). The zero-order chi connectivity index (χ0) is 11.4. The first-order valence-corrected chi connectivity index (χ1v) is 5.21. The fourth-order valence-corrected chi connectivity index (χ4v) is 1.25. The van der Waals surface area contributed by atoms with Crippen molar-refractivity contribution in [3.63, 3.8) is 0 Å². The average Bonchev–Trinajstić information content (AvgIpc) is 1.96. The van der Waals surface area contributed by atoms with E-state index in [1.54, 1.807) is 0 Å². The second-order valence-corrected chi connectivity index (χ2v) is 4.86. The van der Waals surface area contributed by atoms with E-state index in [1.165, 1.54) is 0 Å². The molecular weight excluding hydrogens is 178 g/mol. The third-order valence-corrected chi connectivity index (χ3v) is 1.79. The van der Waals surface area contributed by atoms with Crippen LogP contribution in [-0.4, -0.2) is 24.7 Å². The maximum atomic E-state index is 11.8. The lowest BCUT2D eigenvalue weighted by molar-refractivity contribution is -0.140. The molecule has 0 fully saturated rings. The van der Waals surface area contributed by atoms with Crippen LogP contribution in [0.5, 0.6) is 0 Å². The quantitative estimate of drug-likeness (QED) is 0.755. The minimum Gasteiger partial charge on any atom is -0.368 e. The number of nitrogens with one attached hydrogen (secondary N) is 1. The first-order valence-electron chi connectivity index (χ1n) is 5.21. The van der Waals surface area contributed by atoms with Gasteiger partial charge in [-0.25, -0.2) is 0 Å². The van der Waals surface area contributed by atoms with Gasteiger partial charge < -0.3 is 10.1 Å². The number of carbonyl (C=O) groups is 1. The van der Waals surface area contributed by atoms with Gasteiger partial charge in [0, 0.05) is 12.6 Å². The first-order chi connectivity index (χ1) is 6.29. The molecule has 3 heteroatoms. The maximum Gasteiger partial charge on any atom is 0.249 e. The normalized spacial score (nSPS) is 14.2. The summed E-state index contributed by atoms with van der Waals surface area (Å²) < 4.78 is 5.46. The van der Waals surface area contributed by atoms with Crippen LogP contribution >= 0.6 is 0 Å². The van der Waals surface area contributed by atoms with E-state index in [4.69, 9.17) is 4.74 Å². The Hall–Kier alpha value is -0.570. The number of amides is 1. The second kappa shape index (κ2) is 5.35. The molecule has 0 aliphatic rings. The lowest BCUT2D eigenvalue weighted by Crippen LogP contribution is -2.46. The second-order valence-electron chi connectivity index (χ2n) is 4.86. The van der Waals surface area contributed by atoms with Gasteiger partial charge in [0.1, 0.15) is 6.10 Å².